The average Bonchev–Trinajstić information content (AvgIpc) is 2.75. The lowest BCUT2D eigenvalue weighted by Gasteiger charge is -2.03. The van der Waals surface area contributed by atoms with Gasteiger partial charge in [0.05, 0.1) is 6.20 Å². The average molecular weight is 230 g/mol. The molecule has 2 rings (SSSR count). The molecule has 0 bridgehead atoms. The summed E-state index contributed by atoms with van der Waals surface area (Å²) in [6, 6.07) is 7.99. The zero-order chi connectivity index (χ0) is 12.3. The van der Waals surface area contributed by atoms with E-state index in [9.17, 15) is 4.79 Å². The lowest BCUT2D eigenvalue weighted by Crippen LogP contribution is -2.22. The Bertz CT molecular complexity index is 514. The van der Waals surface area contributed by atoms with E-state index in [0.717, 1.165) is 5.56 Å². The van der Waals surface area contributed by atoms with Crippen LogP contribution in [0, 0.1) is 13.8 Å². The minimum atomic E-state index is -0.293. The molecule has 4 heteroatoms. The summed E-state index contributed by atoms with van der Waals surface area (Å²) in [5.74, 6) is 0.443. The second-order valence-electron chi connectivity index (χ2n) is 3.94. The molecule has 1 aromatic heterocycles. The van der Waals surface area contributed by atoms with Gasteiger partial charge in [0, 0.05) is 6.54 Å². The number of hydrogen-bond donors (Lipinski definition) is 1. The van der Waals surface area contributed by atoms with Gasteiger partial charge in [0.25, 0.3) is 5.89 Å². The van der Waals surface area contributed by atoms with Crippen LogP contribution in [0.3, 0.4) is 0 Å². The Morgan fingerprint density at radius 1 is 1.29 bits per heavy atom. The molecule has 0 radical (unpaired) electrons. The van der Waals surface area contributed by atoms with Crippen LogP contribution in [-0.2, 0) is 6.54 Å². The molecule has 2 aromatic rings. The number of nitrogens with one attached hydrogen (secondary N) is 1. The van der Waals surface area contributed by atoms with Gasteiger partial charge in [0.2, 0.25) is 0 Å². The van der Waals surface area contributed by atoms with Gasteiger partial charge in [0.15, 0.2) is 0 Å². The highest BCUT2D eigenvalue weighted by molar-refractivity contribution is 5.89. The van der Waals surface area contributed by atoms with Crippen molar-refractivity contribution in [2.45, 2.75) is 20.4 Å². The summed E-state index contributed by atoms with van der Waals surface area (Å²) >= 11 is 0. The molecule has 0 aliphatic carbocycles. The van der Waals surface area contributed by atoms with Crippen LogP contribution in [0.2, 0.25) is 0 Å². The minimum Gasteiger partial charge on any atom is -0.438 e. The predicted octanol–water partition coefficient (Wildman–Crippen LogP) is 2.22. The van der Waals surface area contributed by atoms with Crippen LogP contribution in [0.4, 0.5) is 0 Å². The standard InChI is InChI=1S/C13H14N2O2/c1-9-3-5-11(6-4-9)8-14-12(16)13-15-7-10(2)17-13/h3-7H,8H2,1-2H3,(H,14,16). The number of rotatable bonds is 3. The van der Waals surface area contributed by atoms with E-state index >= 15 is 0 Å². The van der Waals surface area contributed by atoms with Crippen molar-refractivity contribution < 1.29 is 9.21 Å². The molecule has 0 unspecified atom stereocenters. The summed E-state index contributed by atoms with van der Waals surface area (Å²) in [6.45, 7) is 4.25. The maximum atomic E-state index is 11.6. The van der Waals surface area contributed by atoms with Crippen LogP contribution in [0.15, 0.2) is 34.9 Å². The minimum absolute atomic E-state index is 0.106. The molecule has 88 valence electrons. The van der Waals surface area contributed by atoms with E-state index in [1.807, 2.05) is 31.2 Å². The molecule has 1 N–H and O–H groups in total. The molecular weight excluding hydrogens is 216 g/mol. The summed E-state index contributed by atoms with van der Waals surface area (Å²) in [5, 5.41) is 2.75. The Hall–Kier alpha value is -2.10. The van der Waals surface area contributed by atoms with Gasteiger partial charge in [0.1, 0.15) is 5.76 Å². The van der Waals surface area contributed by atoms with Crippen LogP contribution in [-0.4, -0.2) is 10.9 Å². The number of carbonyl (C=O) groups is 1. The van der Waals surface area contributed by atoms with Crippen molar-refractivity contribution in [1.29, 1.82) is 0 Å². The lowest BCUT2D eigenvalue weighted by molar-refractivity contribution is 0.0915. The summed E-state index contributed by atoms with van der Waals surface area (Å²) < 4.78 is 5.13. The Labute approximate surface area is 99.7 Å². The Morgan fingerprint density at radius 2 is 2.00 bits per heavy atom. The van der Waals surface area contributed by atoms with Gasteiger partial charge in [-0.3, -0.25) is 4.79 Å². The molecule has 4 nitrogen and oxygen atoms in total. The first-order chi connectivity index (χ1) is 8.15. The van der Waals surface area contributed by atoms with E-state index in [2.05, 4.69) is 10.3 Å². The van der Waals surface area contributed by atoms with Gasteiger partial charge < -0.3 is 9.73 Å². The van der Waals surface area contributed by atoms with Crippen molar-refractivity contribution in [3.8, 4) is 0 Å². The first kappa shape index (κ1) is 11.4. The van der Waals surface area contributed by atoms with Gasteiger partial charge in [-0.05, 0) is 19.4 Å². The molecule has 0 saturated carbocycles. The van der Waals surface area contributed by atoms with Crippen molar-refractivity contribution in [2.24, 2.45) is 0 Å². The fraction of sp³-hybridized carbons (Fsp3) is 0.231. The number of benzene rings is 1. The third-order valence-corrected chi connectivity index (χ3v) is 2.39. The van der Waals surface area contributed by atoms with Crippen molar-refractivity contribution >= 4 is 5.91 Å². The van der Waals surface area contributed by atoms with E-state index < -0.39 is 0 Å². The van der Waals surface area contributed by atoms with Crippen molar-refractivity contribution in [3.63, 3.8) is 0 Å². The normalized spacial score (nSPS) is 10.2. The monoisotopic (exact) mass is 230 g/mol. The highest BCUT2D eigenvalue weighted by atomic mass is 16.4. The van der Waals surface area contributed by atoms with Crippen molar-refractivity contribution in [3.05, 3.63) is 53.2 Å². The van der Waals surface area contributed by atoms with E-state index in [0.29, 0.717) is 12.3 Å². The van der Waals surface area contributed by atoms with E-state index in [1.54, 1.807) is 6.92 Å². The molecule has 0 fully saturated rings. The first-order valence-corrected chi connectivity index (χ1v) is 5.41. The van der Waals surface area contributed by atoms with Crippen molar-refractivity contribution in [2.75, 3.05) is 0 Å². The van der Waals surface area contributed by atoms with Gasteiger partial charge in [-0.2, -0.15) is 0 Å². The fourth-order valence-corrected chi connectivity index (χ4v) is 1.42. The molecule has 1 amide bonds. The maximum absolute atomic E-state index is 11.6. The highest BCUT2D eigenvalue weighted by Gasteiger charge is 2.10. The third-order valence-electron chi connectivity index (χ3n) is 2.39. The van der Waals surface area contributed by atoms with Crippen LogP contribution < -0.4 is 5.32 Å². The van der Waals surface area contributed by atoms with E-state index in [1.165, 1.54) is 11.8 Å². The van der Waals surface area contributed by atoms with E-state index in [4.69, 9.17) is 4.42 Å². The number of aromatic nitrogens is 1. The molecule has 0 saturated heterocycles. The second kappa shape index (κ2) is 4.82. The summed E-state index contributed by atoms with van der Waals surface area (Å²) in [7, 11) is 0. The SMILES string of the molecule is Cc1ccc(CNC(=O)c2ncc(C)o2)cc1. The number of carbonyl (C=O) groups excluding carboxylic acids is 1. The molecule has 0 aliphatic rings. The summed E-state index contributed by atoms with van der Waals surface area (Å²) in [4.78, 5) is 15.5. The largest absolute Gasteiger partial charge is 0.438 e. The number of hydrogen-bond acceptors (Lipinski definition) is 3. The third kappa shape index (κ3) is 2.93. The molecule has 0 spiro atoms. The number of nitrogens with zero attached hydrogens (tertiary/aromatic N) is 1. The molecule has 0 aliphatic heterocycles. The van der Waals surface area contributed by atoms with E-state index in [-0.39, 0.29) is 11.8 Å². The van der Waals surface area contributed by atoms with Gasteiger partial charge in [-0.25, -0.2) is 4.98 Å². The van der Waals surface area contributed by atoms with Crippen molar-refractivity contribution in [1.82, 2.24) is 10.3 Å². The summed E-state index contributed by atoms with van der Waals surface area (Å²) in [5.41, 5.74) is 2.25. The highest BCUT2D eigenvalue weighted by Crippen LogP contribution is 2.04. The van der Waals surface area contributed by atoms with Gasteiger partial charge >= 0.3 is 5.91 Å². The Morgan fingerprint density at radius 3 is 2.59 bits per heavy atom. The van der Waals surface area contributed by atoms with Crippen LogP contribution in [0.5, 0.6) is 0 Å². The number of aryl methyl sites for hydroxylation is 2. The first-order valence-electron chi connectivity index (χ1n) is 5.41. The lowest BCUT2D eigenvalue weighted by atomic mass is 10.1. The van der Waals surface area contributed by atoms with Crippen LogP contribution in [0.1, 0.15) is 27.6 Å². The fourth-order valence-electron chi connectivity index (χ4n) is 1.42. The van der Waals surface area contributed by atoms with Gasteiger partial charge in [-0.1, -0.05) is 29.8 Å². The molecule has 1 aromatic carbocycles. The molecule has 0 atom stereocenters. The zero-order valence-corrected chi connectivity index (χ0v) is 9.86. The van der Waals surface area contributed by atoms with Crippen LogP contribution >= 0.6 is 0 Å². The number of amides is 1. The van der Waals surface area contributed by atoms with Crippen LogP contribution in [0.25, 0.3) is 0 Å². The molecular formula is C13H14N2O2. The quantitative estimate of drug-likeness (QED) is 0.879. The molecule has 1 heterocycles. The topological polar surface area (TPSA) is 55.1 Å². The Kier molecular flexibility index (Phi) is 3.23. The Balaban J connectivity index is 1.94. The smallest absolute Gasteiger partial charge is 0.307 e. The second-order valence-corrected chi connectivity index (χ2v) is 3.94. The predicted molar refractivity (Wildman–Crippen MR) is 63.6 cm³/mol. The zero-order valence-electron chi connectivity index (χ0n) is 9.86. The molecule has 17 heavy (non-hydrogen) atoms. The number of oxazole rings is 1. The maximum Gasteiger partial charge on any atom is 0.307 e. The van der Waals surface area contributed by atoms with Gasteiger partial charge in [-0.15, -0.1) is 0 Å². The summed E-state index contributed by atoms with van der Waals surface area (Å²) in [6.07, 6.45) is 1.53.